The fourth-order valence-electron chi connectivity index (χ4n) is 1.23. The zero-order valence-corrected chi connectivity index (χ0v) is 12.3. The smallest absolute Gasteiger partial charge is 0.407 e. The number of hydrogen-bond donors (Lipinski definition) is 2. The minimum absolute atomic E-state index is 0.117. The van der Waals surface area contributed by atoms with Gasteiger partial charge in [0.15, 0.2) is 0 Å². The molecule has 0 aromatic carbocycles. The second-order valence-corrected chi connectivity index (χ2v) is 5.83. The third kappa shape index (κ3) is 6.02. The molecule has 0 fully saturated rings. The molecular formula is C11H18BrN3O3. The molecule has 1 amide bonds. The van der Waals surface area contributed by atoms with Gasteiger partial charge in [-0.05, 0) is 36.7 Å². The van der Waals surface area contributed by atoms with Crippen LogP contribution in [0.4, 0.5) is 4.79 Å². The zero-order chi connectivity index (χ0) is 13.8. The van der Waals surface area contributed by atoms with Crippen LogP contribution >= 0.6 is 15.9 Å². The van der Waals surface area contributed by atoms with E-state index in [0.717, 1.165) is 4.47 Å². The van der Waals surface area contributed by atoms with E-state index in [0.29, 0.717) is 6.54 Å². The van der Waals surface area contributed by atoms with Crippen LogP contribution in [0.1, 0.15) is 20.8 Å². The number of carbonyl (C=O) groups excluding carboxylic acids is 1. The molecule has 6 nitrogen and oxygen atoms in total. The van der Waals surface area contributed by atoms with Gasteiger partial charge in [-0.15, -0.1) is 0 Å². The summed E-state index contributed by atoms with van der Waals surface area (Å²) in [6.07, 6.45) is 2.12. The van der Waals surface area contributed by atoms with E-state index >= 15 is 0 Å². The van der Waals surface area contributed by atoms with Crippen LogP contribution in [0.15, 0.2) is 16.9 Å². The van der Waals surface area contributed by atoms with Gasteiger partial charge in [0, 0.05) is 12.7 Å². The van der Waals surface area contributed by atoms with E-state index < -0.39 is 17.8 Å². The molecule has 1 aromatic heterocycles. The summed E-state index contributed by atoms with van der Waals surface area (Å²) in [5.41, 5.74) is -0.540. The van der Waals surface area contributed by atoms with Crippen LogP contribution < -0.4 is 5.32 Å². The van der Waals surface area contributed by atoms with Crippen molar-refractivity contribution in [3.63, 3.8) is 0 Å². The fourth-order valence-corrected chi connectivity index (χ4v) is 1.56. The Hall–Kier alpha value is -1.08. The number of halogens is 1. The summed E-state index contributed by atoms with van der Waals surface area (Å²) in [7, 11) is 0. The Bertz CT molecular complexity index is 400. The molecule has 0 saturated heterocycles. The van der Waals surface area contributed by atoms with Crippen molar-refractivity contribution in [1.82, 2.24) is 15.1 Å². The molecule has 1 heterocycles. The van der Waals surface area contributed by atoms with Crippen molar-refractivity contribution >= 4 is 22.0 Å². The maximum Gasteiger partial charge on any atom is 0.407 e. The number of amides is 1. The van der Waals surface area contributed by atoms with Crippen molar-refractivity contribution in [1.29, 1.82) is 0 Å². The van der Waals surface area contributed by atoms with Gasteiger partial charge in [-0.1, -0.05) is 0 Å². The van der Waals surface area contributed by atoms with Gasteiger partial charge in [-0.2, -0.15) is 5.10 Å². The zero-order valence-electron chi connectivity index (χ0n) is 10.7. The number of aliphatic hydroxyl groups is 1. The summed E-state index contributed by atoms with van der Waals surface area (Å²) in [5, 5.41) is 16.2. The van der Waals surface area contributed by atoms with Gasteiger partial charge in [-0.3, -0.25) is 4.68 Å². The van der Waals surface area contributed by atoms with E-state index in [1.54, 1.807) is 37.8 Å². The van der Waals surface area contributed by atoms with E-state index in [4.69, 9.17) is 4.74 Å². The number of ether oxygens (including phenoxy) is 1. The lowest BCUT2D eigenvalue weighted by Crippen LogP contribution is -2.38. The molecule has 1 aromatic rings. The number of hydrogen-bond acceptors (Lipinski definition) is 4. The normalized spacial score (nSPS) is 13.2. The molecule has 1 atom stereocenters. The maximum atomic E-state index is 11.3. The molecule has 0 saturated carbocycles. The van der Waals surface area contributed by atoms with Gasteiger partial charge >= 0.3 is 6.09 Å². The highest BCUT2D eigenvalue weighted by molar-refractivity contribution is 9.10. The molecule has 1 rings (SSSR count). The molecule has 0 aliphatic carbocycles. The number of aliphatic hydroxyl groups excluding tert-OH is 1. The number of aromatic nitrogens is 2. The Morgan fingerprint density at radius 3 is 2.83 bits per heavy atom. The molecule has 2 N–H and O–H groups in total. The van der Waals surface area contributed by atoms with Crippen molar-refractivity contribution in [3.05, 3.63) is 16.9 Å². The molecule has 102 valence electrons. The van der Waals surface area contributed by atoms with Crippen LogP contribution in [0.25, 0.3) is 0 Å². The number of alkyl carbamates (subject to hydrolysis) is 1. The minimum atomic E-state index is -0.718. The summed E-state index contributed by atoms with van der Waals surface area (Å²) < 4.78 is 7.48. The van der Waals surface area contributed by atoms with Gasteiger partial charge < -0.3 is 15.2 Å². The Morgan fingerprint density at radius 2 is 2.33 bits per heavy atom. The monoisotopic (exact) mass is 319 g/mol. The third-order valence-corrected chi connectivity index (χ3v) is 2.29. The Balaban J connectivity index is 2.29. The average molecular weight is 320 g/mol. The number of nitrogens with zero attached hydrogens (tertiary/aromatic N) is 2. The molecule has 0 bridgehead atoms. The number of nitrogens with one attached hydrogen (secondary N) is 1. The molecule has 0 unspecified atom stereocenters. The lowest BCUT2D eigenvalue weighted by Gasteiger charge is -2.20. The summed E-state index contributed by atoms with van der Waals surface area (Å²) in [4.78, 5) is 11.3. The first kappa shape index (κ1) is 15.0. The van der Waals surface area contributed by atoms with Gasteiger partial charge in [0.1, 0.15) is 5.60 Å². The molecular weight excluding hydrogens is 302 g/mol. The Morgan fingerprint density at radius 1 is 1.67 bits per heavy atom. The van der Waals surface area contributed by atoms with E-state index in [1.165, 1.54) is 0 Å². The van der Waals surface area contributed by atoms with Crippen LogP contribution in [-0.2, 0) is 11.3 Å². The summed E-state index contributed by atoms with van der Waals surface area (Å²) in [6.45, 7) is 5.77. The molecule has 18 heavy (non-hydrogen) atoms. The van der Waals surface area contributed by atoms with Crippen LogP contribution in [0.3, 0.4) is 0 Å². The second-order valence-electron chi connectivity index (χ2n) is 4.92. The first-order chi connectivity index (χ1) is 8.26. The van der Waals surface area contributed by atoms with E-state index in [-0.39, 0.29) is 6.54 Å². The minimum Gasteiger partial charge on any atom is -0.444 e. The highest BCUT2D eigenvalue weighted by Gasteiger charge is 2.16. The highest BCUT2D eigenvalue weighted by atomic mass is 79.9. The van der Waals surface area contributed by atoms with Crippen molar-refractivity contribution in [2.24, 2.45) is 0 Å². The summed E-state index contributed by atoms with van der Waals surface area (Å²) in [6, 6.07) is 0. The molecule has 0 spiro atoms. The predicted molar refractivity (Wildman–Crippen MR) is 70.2 cm³/mol. The summed E-state index contributed by atoms with van der Waals surface area (Å²) in [5.74, 6) is 0. The molecule has 0 radical (unpaired) electrons. The van der Waals surface area contributed by atoms with Gasteiger partial charge in [0.25, 0.3) is 0 Å². The lowest BCUT2D eigenvalue weighted by molar-refractivity contribution is 0.0482. The van der Waals surface area contributed by atoms with Crippen LogP contribution in [0.5, 0.6) is 0 Å². The van der Waals surface area contributed by atoms with Gasteiger partial charge in [0.2, 0.25) is 0 Å². The topological polar surface area (TPSA) is 76.4 Å². The van der Waals surface area contributed by atoms with E-state index in [2.05, 4.69) is 26.3 Å². The van der Waals surface area contributed by atoms with Crippen molar-refractivity contribution in [3.8, 4) is 0 Å². The Labute approximate surface area is 114 Å². The summed E-state index contributed by atoms with van der Waals surface area (Å²) >= 11 is 3.26. The molecule has 0 aliphatic heterocycles. The third-order valence-electron chi connectivity index (χ3n) is 1.88. The van der Waals surface area contributed by atoms with E-state index in [9.17, 15) is 9.90 Å². The fraction of sp³-hybridized carbons (Fsp3) is 0.636. The van der Waals surface area contributed by atoms with Crippen LogP contribution in [-0.4, -0.2) is 39.2 Å². The lowest BCUT2D eigenvalue weighted by atomic mass is 10.2. The predicted octanol–water partition coefficient (Wildman–Crippen LogP) is 1.53. The standard InChI is InChI=1S/C11H18BrN3O3/c1-11(2,3)18-10(17)13-5-9(16)7-15-6-8(12)4-14-15/h4,6,9,16H,5,7H2,1-3H3,(H,13,17)/t9-/m0/s1. The van der Waals surface area contributed by atoms with Crippen LogP contribution in [0, 0.1) is 0 Å². The highest BCUT2D eigenvalue weighted by Crippen LogP contribution is 2.07. The molecule has 7 heteroatoms. The number of carbonyl (C=O) groups is 1. The first-order valence-corrected chi connectivity index (χ1v) is 6.38. The quantitative estimate of drug-likeness (QED) is 0.882. The van der Waals surface area contributed by atoms with Crippen molar-refractivity contribution in [2.45, 2.75) is 39.0 Å². The molecule has 0 aliphatic rings. The number of rotatable bonds is 4. The SMILES string of the molecule is CC(C)(C)OC(=O)NC[C@H](O)Cn1cc(Br)cn1. The van der Waals surface area contributed by atoms with Crippen molar-refractivity contribution < 1.29 is 14.6 Å². The largest absolute Gasteiger partial charge is 0.444 e. The van der Waals surface area contributed by atoms with E-state index in [1.807, 2.05) is 0 Å². The van der Waals surface area contributed by atoms with Gasteiger partial charge in [-0.25, -0.2) is 4.79 Å². The van der Waals surface area contributed by atoms with Crippen molar-refractivity contribution in [2.75, 3.05) is 6.54 Å². The second kappa shape index (κ2) is 6.19. The van der Waals surface area contributed by atoms with Crippen LogP contribution in [0.2, 0.25) is 0 Å². The Kier molecular flexibility index (Phi) is 5.15. The van der Waals surface area contributed by atoms with Gasteiger partial charge in [0.05, 0.1) is 23.3 Å². The maximum absolute atomic E-state index is 11.3. The average Bonchev–Trinajstić information content (AvgIpc) is 2.58. The first-order valence-electron chi connectivity index (χ1n) is 5.59.